The predicted molar refractivity (Wildman–Crippen MR) is 60.1 cm³/mol. The molecular weight excluding hydrogens is 210 g/mol. The number of carbonyl (C=O) groups is 1. The monoisotopic (exact) mass is 225 g/mol. The number of nitrogens with zero attached hydrogens (tertiary/aromatic N) is 2. The minimum absolute atomic E-state index is 0.406. The molecule has 1 aliphatic rings. The first-order chi connectivity index (χ1) is 7.16. The maximum Gasteiger partial charge on any atom is 0.268 e. The minimum Gasteiger partial charge on any atom is -0.364 e. The van der Waals surface area contributed by atoms with E-state index in [0.29, 0.717) is 11.6 Å². The molecule has 1 saturated heterocycles. The highest BCUT2D eigenvalue weighted by atomic mass is 32.1. The van der Waals surface area contributed by atoms with E-state index in [1.807, 2.05) is 0 Å². The number of thiazole rings is 1. The Morgan fingerprint density at radius 2 is 2.53 bits per heavy atom. The highest BCUT2D eigenvalue weighted by molar-refractivity contribution is 7.09. The van der Waals surface area contributed by atoms with Crippen molar-refractivity contribution in [3.05, 3.63) is 16.1 Å². The standard InChI is InChI=1S/C10H15N3OS/c1-13-4-2-3-7(5-13)10-12-8(6-15-10)9(11)14/h6-7H,2-5H2,1H3,(H2,11,14). The van der Waals surface area contributed by atoms with Crippen LogP contribution in [-0.2, 0) is 0 Å². The van der Waals surface area contributed by atoms with Gasteiger partial charge in [0.05, 0.1) is 5.01 Å². The summed E-state index contributed by atoms with van der Waals surface area (Å²) in [7, 11) is 2.12. The lowest BCUT2D eigenvalue weighted by molar-refractivity contribution is 0.0996. The molecule has 0 saturated carbocycles. The van der Waals surface area contributed by atoms with Gasteiger partial charge in [0.1, 0.15) is 5.69 Å². The molecule has 1 fully saturated rings. The van der Waals surface area contributed by atoms with Crippen molar-refractivity contribution in [1.29, 1.82) is 0 Å². The fraction of sp³-hybridized carbons (Fsp3) is 0.600. The Morgan fingerprint density at radius 3 is 3.13 bits per heavy atom. The van der Waals surface area contributed by atoms with Crippen molar-refractivity contribution in [2.75, 3.05) is 20.1 Å². The number of rotatable bonds is 2. The minimum atomic E-state index is -0.429. The van der Waals surface area contributed by atoms with E-state index in [1.165, 1.54) is 6.42 Å². The Kier molecular flexibility index (Phi) is 3.02. The third-order valence-corrected chi connectivity index (χ3v) is 3.76. The Morgan fingerprint density at radius 1 is 1.73 bits per heavy atom. The van der Waals surface area contributed by atoms with Crippen molar-refractivity contribution in [3.8, 4) is 0 Å². The van der Waals surface area contributed by atoms with E-state index in [1.54, 1.807) is 16.7 Å². The van der Waals surface area contributed by atoms with Gasteiger partial charge in [-0.05, 0) is 26.4 Å². The van der Waals surface area contributed by atoms with E-state index < -0.39 is 5.91 Å². The van der Waals surface area contributed by atoms with Crippen molar-refractivity contribution in [2.45, 2.75) is 18.8 Å². The molecule has 1 aromatic heterocycles. The second kappa shape index (κ2) is 4.28. The van der Waals surface area contributed by atoms with Gasteiger partial charge in [-0.1, -0.05) is 0 Å². The first kappa shape index (κ1) is 10.6. The number of likely N-dealkylation sites (N-methyl/N-ethyl adjacent to an activating group) is 1. The van der Waals surface area contributed by atoms with Gasteiger partial charge in [-0.25, -0.2) is 4.98 Å². The maximum absolute atomic E-state index is 10.9. The van der Waals surface area contributed by atoms with Gasteiger partial charge < -0.3 is 10.6 Å². The SMILES string of the molecule is CN1CCCC(c2nc(C(N)=O)cs2)C1. The molecule has 1 aliphatic heterocycles. The fourth-order valence-corrected chi connectivity index (χ4v) is 2.89. The number of amides is 1. The van der Waals surface area contributed by atoms with Crippen molar-refractivity contribution in [2.24, 2.45) is 5.73 Å². The van der Waals surface area contributed by atoms with E-state index in [0.717, 1.165) is 24.5 Å². The smallest absolute Gasteiger partial charge is 0.268 e. The van der Waals surface area contributed by atoms with E-state index >= 15 is 0 Å². The maximum atomic E-state index is 10.9. The van der Waals surface area contributed by atoms with E-state index in [2.05, 4.69) is 16.9 Å². The summed E-state index contributed by atoms with van der Waals surface area (Å²) in [6, 6.07) is 0. The van der Waals surface area contributed by atoms with Crippen LogP contribution in [0.25, 0.3) is 0 Å². The van der Waals surface area contributed by atoms with Crippen LogP contribution in [0.15, 0.2) is 5.38 Å². The van der Waals surface area contributed by atoms with Crippen molar-refractivity contribution in [1.82, 2.24) is 9.88 Å². The van der Waals surface area contributed by atoms with Gasteiger partial charge in [0, 0.05) is 17.8 Å². The molecule has 0 spiro atoms. The van der Waals surface area contributed by atoms with Crippen LogP contribution in [0.3, 0.4) is 0 Å². The lowest BCUT2D eigenvalue weighted by Gasteiger charge is -2.28. The number of hydrogen-bond donors (Lipinski definition) is 1. The van der Waals surface area contributed by atoms with Gasteiger partial charge in [0.25, 0.3) is 5.91 Å². The highest BCUT2D eigenvalue weighted by Gasteiger charge is 2.22. The third-order valence-electron chi connectivity index (χ3n) is 2.75. The zero-order valence-corrected chi connectivity index (χ0v) is 9.59. The summed E-state index contributed by atoms with van der Waals surface area (Å²) in [6.45, 7) is 2.19. The van der Waals surface area contributed by atoms with Gasteiger partial charge in [0.2, 0.25) is 0 Å². The lowest BCUT2D eigenvalue weighted by Crippen LogP contribution is -2.30. The van der Waals surface area contributed by atoms with Crippen molar-refractivity contribution >= 4 is 17.2 Å². The third kappa shape index (κ3) is 2.35. The zero-order valence-electron chi connectivity index (χ0n) is 8.77. The number of nitrogens with two attached hydrogens (primary N) is 1. The molecule has 5 heteroatoms. The zero-order chi connectivity index (χ0) is 10.8. The van der Waals surface area contributed by atoms with Gasteiger partial charge in [-0.3, -0.25) is 4.79 Å². The molecule has 0 radical (unpaired) electrons. The number of hydrogen-bond acceptors (Lipinski definition) is 4. The Balaban J connectivity index is 2.11. The Hall–Kier alpha value is -0.940. The first-order valence-electron chi connectivity index (χ1n) is 5.10. The van der Waals surface area contributed by atoms with E-state index in [4.69, 9.17) is 5.73 Å². The summed E-state index contributed by atoms with van der Waals surface area (Å²) in [4.78, 5) is 17.5. The molecule has 2 N–H and O–H groups in total. The number of piperidine rings is 1. The van der Waals surface area contributed by atoms with Gasteiger partial charge in [0.15, 0.2) is 0 Å². The molecule has 1 aromatic rings. The van der Waals surface area contributed by atoms with Crippen LogP contribution in [0.1, 0.15) is 34.3 Å². The molecule has 15 heavy (non-hydrogen) atoms. The van der Waals surface area contributed by atoms with Crippen molar-refractivity contribution < 1.29 is 4.79 Å². The molecule has 0 bridgehead atoms. The summed E-state index contributed by atoms with van der Waals surface area (Å²) >= 11 is 1.55. The van der Waals surface area contributed by atoms with Gasteiger partial charge >= 0.3 is 0 Å². The quantitative estimate of drug-likeness (QED) is 0.818. The second-order valence-electron chi connectivity index (χ2n) is 4.04. The van der Waals surface area contributed by atoms with Crippen LogP contribution in [0.5, 0.6) is 0 Å². The summed E-state index contributed by atoms with van der Waals surface area (Å²) < 4.78 is 0. The molecule has 4 nitrogen and oxygen atoms in total. The Labute approximate surface area is 93.1 Å². The molecule has 1 unspecified atom stereocenters. The largest absolute Gasteiger partial charge is 0.364 e. The van der Waals surface area contributed by atoms with Gasteiger partial charge in [-0.2, -0.15) is 0 Å². The molecular formula is C10H15N3OS. The Bertz CT molecular complexity index is 363. The van der Waals surface area contributed by atoms with E-state index in [-0.39, 0.29) is 0 Å². The van der Waals surface area contributed by atoms with Crippen LogP contribution in [-0.4, -0.2) is 35.9 Å². The van der Waals surface area contributed by atoms with Crippen LogP contribution in [0.2, 0.25) is 0 Å². The number of carbonyl (C=O) groups excluding carboxylic acids is 1. The average molecular weight is 225 g/mol. The summed E-state index contributed by atoms with van der Waals surface area (Å²) in [5.41, 5.74) is 5.58. The number of likely N-dealkylation sites (tertiary alicyclic amines) is 1. The van der Waals surface area contributed by atoms with Crippen molar-refractivity contribution in [3.63, 3.8) is 0 Å². The van der Waals surface area contributed by atoms with E-state index in [9.17, 15) is 4.79 Å². The number of primary amides is 1. The molecule has 0 aromatic carbocycles. The second-order valence-corrected chi connectivity index (χ2v) is 4.93. The summed E-state index contributed by atoms with van der Waals surface area (Å²) in [5, 5.41) is 2.81. The summed E-state index contributed by atoms with van der Waals surface area (Å²) in [5.74, 6) is 0.0449. The average Bonchev–Trinajstić information content (AvgIpc) is 2.66. The lowest BCUT2D eigenvalue weighted by atomic mass is 9.99. The van der Waals surface area contributed by atoms with Crippen LogP contribution in [0.4, 0.5) is 0 Å². The number of aromatic nitrogens is 1. The van der Waals surface area contributed by atoms with Crippen LogP contribution < -0.4 is 5.73 Å². The predicted octanol–water partition coefficient (Wildman–Crippen LogP) is 1.05. The molecule has 2 rings (SSSR count). The van der Waals surface area contributed by atoms with Crippen LogP contribution in [0, 0.1) is 0 Å². The fourth-order valence-electron chi connectivity index (χ4n) is 1.96. The highest BCUT2D eigenvalue weighted by Crippen LogP contribution is 2.28. The van der Waals surface area contributed by atoms with Gasteiger partial charge in [-0.15, -0.1) is 11.3 Å². The molecule has 82 valence electrons. The first-order valence-corrected chi connectivity index (χ1v) is 5.98. The molecule has 0 aliphatic carbocycles. The van der Waals surface area contributed by atoms with Crippen LogP contribution >= 0.6 is 11.3 Å². The topological polar surface area (TPSA) is 59.2 Å². The molecule has 2 heterocycles. The normalized spacial score (nSPS) is 22.9. The molecule has 1 amide bonds. The summed E-state index contributed by atoms with van der Waals surface area (Å²) in [6.07, 6.45) is 2.36. The molecule has 1 atom stereocenters.